The van der Waals surface area contributed by atoms with Gasteiger partial charge < -0.3 is 20.0 Å². The molecule has 1 atom stereocenters. The monoisotopic (exact) mass is 296 g/mol. The molecule has 0 saturated carbocycles. The number of amides is 4. The van der Waals surface area contributed by atoms with E-state index >= 15 is 0 Å². The van der Waals surface area contributed by atoms with Crippen molar-refractivity contribution in [1.82, 2.24) is 20.0 Å². The average molecular weight is 296 g/mol. The van der Waals surface area contributed by atoms with Gasteiger partial charge in [-0.25, -0.2) is 4.79 Å². The van der Waals surface area contributed by atoms with Crippen LogP contribution in [0.15, 0.2) is 0 Å². The van der Waals surface area contributed by atoms with Gasteiger partial charge in [0.25, 0.3) is 0 Å². The van der Waals surface area contributed by atoms with Gasteiger partial charge in [0.15, 0.2) is 0 Å². The molecule has 2 fully saturated rings. The molecule has 0 aromatic carbocycles. The number of nitrogens with one attached hydrogen (secondary N) is 1. The van der Waals surface area contributed by atoms with Crippen molar-refractivity contribution in [2.24, 2.45) is 0 Å². The summed E-state index contributed by atoms with van der Waals surface area (Å²) < 4.78 is 0. The van der Waals surface area contributed by atoms with Gasteiger partial charge in [-0.15, -0.1) is 0 Å². The van der Waals surface area contributed by atoms with E-state index in [0.717, 1.165) is 6.41 Å². The minimum atomic E-state index is -0.216. The third kappa shape index (κ3) is 3.65. The summed E-state index contributed by atoms with van der Waals surface area (Å²) in [5.41, 5.74) is -0.216. The molecule has 21 heavy (non-hydrogen) atoms. The maximum atomic E-state index is 12.2. The maximum Gasteiger partial charge on any atom is 0.317 e. The van der Waals surface area contributed by atoms with Crippen LogP contribution in [0.25, 0.3) is 0 Å². The summed E-state index contributed by atoms with van der Waals surface area (Å²) in [5, 5.41) is 2.93. The molecule has 0 bridgehead atoms. The molecule has 2 aliphatic rings. The average Bonchev–Trinajstić information content (AvgIpc) is 2.79. The van der Waals surface area contributed by atoms with Crippen LogP contribution >= 0.6 is 0 Å². The molecule has 2 saturated heterocycles. The fourth-order valence-electron chi connectivity index (χ4n) is 2.75. The zero-order chi connectivity index (χ0) is 15.6. The van der Waals surface area contributed by atoms with Crippen molar-refractivity contribution in [3.05, 3.63) is 0 Å². The zero-order valence-corrected chi connectivity index (χ0v) is 13.0. The van der Waals surface area contributed by atoms with Crippen LogP contribution in [0.2, 0.25) is 0 Å². The van der Waals surface area contributed by atoms with Gasteiger partial charge in [0, 0.05) is 44.7 Å². The number of likely N-dealkylation sites (tertiary alicyclic amines) is 1. The van der Waals surface area contributed by atoms with Gasteiger partial charge in [0.1, 0.15) is 0 Å². The smallest absolute Gasteiger partial charge is 0.317 e. The van der Waals surface area contributed by atoms with Crippen molar-refractivity contribution in [2.75, 3.05) is 32.7 Å². The molecule has 0 spiro atoms. The molecule has 1 unspecified atom stereocenters. The number of hydrogen-bond donors (Lipinski definition) is 1. The SMILES string of the molecule is CC(C)(C)N1CC(NC(=O)N2CCN(C=O)CC2)CC1=O. The molecule has 0 radical (unpaired) electrons. The van der Waals surface area contributed by atoms with Gasteiger partial charge in [-0.3, -0.25) is 9.59 Å². The predicted octanol–water partition coefficient (Wildman–Crippen LogP) is -0.131. The first-order valence-corrected chi connectivity index (χ1v) is 7.36. The lowest BCUT2D eigenvalue weighted by Crippen LogP contribution is -2.53. The lowest BCUT2D eigenvalue weighted by atomic mass is 10.1. The van der Waals surface area contributed by atoms with E-state index in [-0.39, 0.29) is 23.5 Å². The van der Waals surface area contributed by atoms with Gasteiger partial charge in [-0.1, -0.05) is 0 Å². The Kier molecular flexibility index (Phi) is 4.39. The van der Waals surface area contributed by atoms with Gasteiger partial charge >= 0.3 is 6.03 Å². The lowest BCUT2D eigenvalue weighted by molar-refractivity contribution is -0.131. The van der Waals surface area contributed by atoms with Crippen LogP contribution in [-0.4, -0.2) is 77.4 Å². The lowest BCUT2D eigenvalue weighted by Gasteiger charge is -2.34. The Bertz CT molecular complexity index is 424. The Morgan fingerprint density at radius 3 is 2.33 bits per heavy atom. The van der Waals surface area contributed by atoms with Gasteiger partial charge in [0.2, 0.25) is 12.3 Å². The highest BCUT2D eigenvalue weighted by molar-refractivity contribution is 5.82. The minimum Gasteiger partial charge on any atom is -0.342 e. The highest BCUT2D eigenvalue weighted by atomic mass is 16.2. The first-order valence-electron chi connectivity index (χ1n) is 7.36. The minimum absolute atomic E-state index is 0.0820. The second-order valence-electron chi connectivity index (χ2n) is 6.65. The van der Waals surface area contributed by atoms with Gasteiger partial charge in [-0.2, -0.15) is 0 Å². The maximum absolute atomic E-state index is 12.2. The Labute approximate surface area is 125 Å². The van der Waals surface area contributed by atoms with Crippen molar-refractivity contribution in [1.29, 1.82) is 0 Å². The molecule has 0 aromatic rings. The molecule has 7 nitrogen and oxygen atoms in total. The van der Waals surface area contributed by atoms with E-state index in [4.69, 9.17) is 0 Å². The van der Waals surface area contributed by atoms with Crippen LogP contribution < -0.4 is 5.32 Å². The number of rotatable bonds is 2. The molecule has 2 rings (SSSR count). The molecular weight excluding hydrogens is 272 g/mol. The highest BCUT2D eigenvalue weighted by Crippen LogP contribution is 2.22. The van der Waals surface area contributed by atoms with E-state index in [0.29, 0.717) is 39.1 Å². The molecular formula is C14H24N4O3. The molecule has 4 amide bonds. The van der Waals surface area contributed by atoms with E-state index in [1.807, 2.05) is 25.7 Å². The van der Waals surface area contributed by atoms with Crippen LogP contribution in [0.3, 0.4) is 0 Å². The van der Waals surface area contributed by atoms with Crippen molar-refractivity contribution < 1.29 is 14.4 Å². The van der Waals surface area contributed by atoms with Crippen molar-refractivity contribution >= 4 is 18.3 Å². The van der Waals surface area contributed by atoms with Gasteiger partial charge in [-0.05, 0) is 20.8 Å². The van der Waals surface area contributed by atoms with Gasteiger partial charge in [0.05, 0.1) is 6.04 Å². The quantitative estimate of drug-likeness (QED) is 0.721. The zero-order valence-electron chi connectivity index (χ0n) is 13.0. The van der Waals surface area contributed by atoms with Crippen LogP contribution in [0.4, 0.5) is 4.79 Å². The highest BCUT2D eigenvalue weighted by Gasteiger charge is 2.37. The van der Waals surface area contributed by atoms with Crippen molar-refractivity contribution in [3.8, 4) is 0 Å². The number of piperazine rings is 1. The fourth-order valence-corrected chi connectivity index (χ4v) is 2.75. The first kappa shape index (κ1) is 15.6. The standard InChI is InChI=1S/C14H24N4O3/c1-14(2,3)18-9-11(8-12(18)20)15-13(21)17-6-4-16(10-19)5-7-17/h10-11H,4-9H2,1-3H3,(H,15,21). The second-order valence-corrected chi connectivity index (χ2v) is 6.65. The summed E-state index contributed by atoms with van der Waals surface area (Å²) in [4.78, 5) is 40.0. The molecule has 0 aromatic heterocycles. The number of carbonyl (C=O) groups excluding carboxylic acids is 3. The summed E-state index contributed by atoms with van der Waals surface area (Å²) in [5.74, 6) is 0.0820. The van der Waals surface area contributed by atoms with E-state index in [1.165, 1.54) is 0 Å². The third-order valence-electron chi connectivity index (χ3n) is 4.01. The number of urea groups is 1. The van der Waals surface area contributed by atoms with Crippen molar-refractivity contribution in [2.45, 2.75) is 38.8 Å². The van der Waals surface area contributed by atoms with Crippen LogP contribution in [0.1, 0.15) is 27.2 Å². The molecule has 0 aliphatic carbocycles. The Balaban J connectivity index is 1.84. The molecule has 2 heterocycles. The largest absolute Gasteiger partial charge is 0.342 e. The van der Waals surface area contributed by atoms with E-state index in [1.54, 1.807) is 9.80 Å². The second kappa shape index (κ2) is 5.91. The Morgan fingerprint density at radius 1 is 1.24 bits per heavy atom. The topological polar surface area (TPSA) is 73.0 Å². The fraction of sp³-hybridized carbons (Fsp3) is 0.786. The molecule has 7 heteroatoms. The Hall–Kier alpha value is -1.79. The number of hydrogen-bond acceptors (Lipinski definition) is 3. The predicted molar refractivity (Wildman–Crippen MR) is 77.6 cm³/mol. The van der Waals surface area contributed by atoms with Crippen molar-refractivity contribution in [3.63, 3.8) is 0 Å². The summed E-state index contributed by atoms with van der Waals surface area (Å²) in [6, 6.07) is -0.276. The van der Waals surface area contributed by atoms with Crippen LogP contribution in [0, 0.1) is 0 Å². The molecule has 1 N–H and O–H groups in total. The third-order valence-corrected chi connectivity index (χ3v) is 4.01. The molecule has 118 valence electrons. The Morgan fingerprint density at radius 2 is 1.86 bits per heavy atom. The molecule has 2 aliphatic heterocycles. The summed E-state index contributed by atoms with van der Waals surface area (Å²) in [7, 11) is 0. The number of carbonyl (C=O) groups is 3. The van der Waals surface area contributed by atoms with E-state index < -0.39 is 0 Å². The summed E-state index contributed by atoms with van der Waals surface area (Å²) in [6.07, 6.45) is 1.17. The van der Waals surface area contributed by atoms with E-state index in [2.05, 4.69) is 5.32 Å². The van der Waals surface area contributed by atoms with Crippen LogP contribution in [-0.2, 0) is 9.59 Å². The summed E-state index contributed by atoms with van der Waals surface area (Å²) >= 11 is 0. The van der Waals surface area contributed by atoms with Crippen LogP contribution in [0.5, 0.6) is 0 Å². The van der Waals surface area contributed by atoms with E-state index in [9.17, 15) is 14.4 Å². The first-order chi connectivity index (χ1) is 9.81. The number of nitrogens with zero attached hydrogens (tertiary/aromatic N) is 3. The summed E-state index contributed by atoms with van der Waals surface area (Å²) in [6.45, 7) is 8.74. The normalized spacial score (nSPS) is 23.5.